The number of carbonyl (C=O) groups is 1. The Kier molecular flexibility index (Phi) is 3.03. The van der Waals surface area contributed by atoms with E-state index in [9.17, 15) is 13.2 Å². The number of aromatic nitrogens is 2. The molecular weight excluding hydrogens is 255 g/mol. The van der Waals surface area contributed by atoms with Crippen LogP contribution in [0.5, 0.6) is 0 Å². The summed E-state index contributed by atoms with van der Waals surface area (Å²) >= 11 is 5.52. The maximum absolute atomic E-state index is 10.9. The number of hydrogen-bond donors (Lipinski definition) is 1. The molecule has 1 rings (SSSR count). The van der Waals surface area contributed by atoms with Crippen LogP contribution in [0.3, 0.4) is 0 Å². The van der Waals surface area contributed by atoms with Gasteiger partial charge in [-0.25, -0.2) is 13.2 Å². The smallest absolute Gasteiger partial charge is 0.360 e. The molecule has 0 atom stereocenters. The molecule has 0 amide bonds. The van der Waals surface area contributed by atoms with E-state index in [0.717, 1.165) is 7.11 Å². The molecule has 0 unspecified atom stereocenters. The van der Waals surface area contributed by atoms with Crippen molar-refractivity contribution in [3.8, 4) is 0 Å². The molecule has 0 bridgehead atoms. The number of nitrogens with one attached hydrogen (secondary N) is 1. The van der Waals surface area contributed by atoms with Crippen LogP contribution < -0.4 is 0 Å². The summed E-state index contributed by atoms with van der Waals surface area (Å²) in [7, 11) is 2.06. The van der Waals surface area contributed by atoms with E-state index in [4.69, 9.17) is 22.3 Å². The number of carbonyl (C=O) groups excluding carboxylic acids is 1. The Labute approximate surface area is 88.6 Å². The second-order valence-electron chi connectivity index (χ2n) is 2.14. The Morgan fingerprint density at radius 1 is 1.57 bits per heavy atom. The summed E-state index contributed by atoms with van der Waals surface area (Å²) in [6.45, 7) is 0. The summed E-state index contributed by atoms with van der Waals surface area (Å²) in [5, 5.41) is 4.48. The number of esters is 1. The van der Waals surface area contributed by atoms with Gasteiger partial charge >= 0.3 is 5.97 Å². The monoisotopic (exact) mass is 258 g/mol. The Morgan fingerprint density at radius 3 is 2.50 bits per heavy atom. The van der Waals surface area contributed by atoms with Gasteiger partial charge in [-0.05, 0) is 0 Å². The zero-order valence-corrected chi connectivity index (χ0v) is 9.07. The normalized spacial score (nSPS) is 11.4. The molecule has 0 saturated carbocycles. The van der Waals surface area contributed by atoms with Gasteiger partial charge in [0, 0.05) is 10.7 Å². The van der Waals surface area contributed by atoms with Gasteiger partial charge in [0.2, 0.25) is 0 Å². The van der Waals surface area contributed by atoms with Crippen LogP contribution in [0.4, 0.5) is 0 Å². The average molecular weight is 259 g/mol. The molecule has 1 N–H and O–H groups in total. The second kappa shape index (κ2) is 3.76. The summed E-state index contributed by atoms with van der Waals surface area (Å²) in [6, 6.07) is 0. The molecule has 0 aliphatic heterocycles. The van der Waals surface area contributed by atoms with Crippen molar-refractivity contribution in [2.75, 3.05) is 7.11 Å². The van der Waals surface area contributed by atoms with Crippen molar-refractivity contribution in [1.29, 1.82) is 0 Å². The third-order valence-electron chi connectivity index (χ3n) is 1.30. The average Bonchev–Trinajstić information content (AvgIpc) is 2.45. The number of hydrogen-bond acceptors (Lipinski definition) is 5. The first-order valence-electron chi connectivity index (χ1n) is 3.14. The molecule has 0 aliphatic carbocycles. The summed E-state index contributed by atoms with van der Waals surface area (Å²) in [5.41, 5.74) is -0.326. The minimum atomic E-state index is -4.04. The van der Waals surface area contributed by atoms with Crippen LogP contribution in [0, 0.1) is 0 Å². The highest BCUT2D eigenvalue weighted by Gasteiger charge is 2.25. The number of nitrogens with zero attached hydrogens (tertiary/aromatic N) is 1. The lowest BCUT2D eigenvalue weighted by Gasteiger charge is -1.93. The molecule has 78 valence electrons. The molecular formula is C5H4Cl2N2O4S. The van der Waals surface area contributed by atoms with E-state index in [0.29, 0.717) is 0 Å². The van der Waals surface area contributed by atoms with Crippen molar-refractivity contribution in [2.45, 2.75) is 5.03 Å². The van der Waals surface area contributed by atoms with Gasteiger partial charge in [0.25, 0.3) is 9.05 Å². The maximum atomic E-state index is 10.9. The summed E-state index contributed by atoms with van der Waals surface area (Å²) < 4.78 is 26.0. The van der Waals surface area contributed by atoms with Crippen LogP contribution in [0.25, 0.3) is 0 Å². The zero-order chi connectivity index (χ0) is 10.9. The van der Waals surface area contributed by atoms with Crippen LogP contribution in [0.15, 0.2) is 5.03 Å². The van der Waals surface area contributed by atoms with Crippen LogP contribution in [-0.4, -0.2) is 31.7 Å². The van der Waals surface area contributed by atoms with E-state index in [2.05, 4.69) is 9.84 Å². The summed E-state index contributed by atoms with van der Waals surface area (Å²) in [4.78, 5) is 10.9. The van der Waals surface area contributed by atoms with Crippen molar-refractivity contribution in [3.05, 3.63) is 10.7 Å². The number of ether oxygens (including phenoxy) is 1. The van der Waals surface area contributed by atoms with Crippen molar-refractivity contribution >= 4 is 37.3 Å². The number of halogens is 2. The number of rotatable bonds is 2. The minimum Gasteiger partial charge on any atom is -0.464 e. The van der Waals surface area contributed by atoms with Gasteiger partial charge in [0.15, 0.2) is 10.7 Å². The largest absolute Gasteiger partial charge is 0.464 e. The van der Waals surface area contributed by atoms with Crippen molar-refractivity contribution < 1.29 is 17.9 Å². The fourth-order valence-corrected chi connectivity index (χ4v) is 2.09. The molecule has 0 saturated heterocycles. The molecule has 1 aromatic heterocycles. The van der Waals surface area contributed by atoms with Crippen LogP contribution in [0.2, 0.25) is 5.02 Å². The van der Waals surface area contributed by atoms with E-state index in [1.165, 1.54) is 0 Å². The topological polar surface area (TPSA) is 89.1 Å². The molecule has 0 radical (unpaired) electrons. The SMILES string of the molecule is COC(=O)c1n[nH]c(S(=O)(=O)Cl)c1Cl. The fraction of sp³-hybridized carbons (Fsp3) is 0.200. The molecule has 6 nitrogen and oxygen atoms in total. The summed E-state index contributed by atoms with van der Waals surface area (Å²) in [6.07, 6.45) is 0. The Balaban J connectivity index is 3.29. The lowest BCUT2D eigenvalue weighted by atomic mass is 10.4. The third-order valence-corrected chi connectivity index (χ3v) is 3.03. The Morgan fingerprint density at radius 2 is 2.14 bits per heavy atom. The van der Waals surface area contributed by atoms with Crippen LogP contribution in [-0.2, 0) is 13.8 Å². The van der Waals surface area contributed by atoms with Gasteiger partial charge in [-0.15, -0.1) is 0 Å². The van der Waals surface area contributed by atoms with E-state index < -0.39 is 20.0 Å². The van der Waals surface area contributed by atoms with Crippen molar-refractivity contribution in [1.82, 2.24) is 10.2 Å². The molecule has 14 heavy (non-hydrogen) atoms. The van der Waals surface area contributed by atoms with Crippen molar-refractivity contribution in [3.63, 3.8) is 0 Å². The molecule has 0 aromatic carbocycles. The van der Waals surface area contributed by atoms with Gasteiger partial charge in [-0.3, -0.25) is 5.10 Å². The lowest BCUT2D eigenvalue weighted by molar-refractivity contribution is 0.0594. The zero-order valence-electron chi connectivity index (χ0n) is 6.74. The van der Waals surface area contributed by atoms with E-state index in [1.807, 2.05) is 5.10 Å². The van der Waals surface area contributed by atoms with Gasteiger partial charge in [-0.1, -0.05) is 11.6 Å². The lowest BCUT2D eigenvalue weighted by Crippen LogP contribution is -2.02. The minimum absolute atomic E-state index is 0.326. The van der Waals surface area contributed by atoms with Crippen molar-refractivity contribution in [2.24, 2.45) is 0 Å². The van der Waals surface area contributed by atoms with Crippen LogP contribution in [0.1, 0.15) is 10.5 Å². The van der Waals surface area contributed by atoms with Crippen LogP contribution >= 0.6 is 22.3 Å². The third kappa shape index (κ3) is 1.99. The first kappa shape index (κ1) is 11.3. The molecule has 0 aliphatic rings. The predicted molar refractivity (Wildman–Crippen MR) is 48.0 cm³/mol. The first-order valence-corrected chi connectivity index (χ1v) is 5.83. The van der Waals surface area contributed by atoms with Gasteiger partial charge < -0.3 is 4.74 Å². The Hall–Kier alpha value is -0.790. The highest BCUT2D eigenvalue weighted by Crippen LogP contribution is 2.25. The molecule has 1 aromatic rings. The van der Waals surface area contributed by atoms with E-state index >= 15 is 0 Å². The first-order chi connectivity index (χ1) is 6.38. The molecule has 0 fully saturated rings. The molecule has 0 spiro atoms. The quantitative estimate of drug-likeness (QED) is 0.626. The number of methoxy groups -OCH3 is 1. The summed E-state index contributed by atoms with van der Waals surface area (Å²) in [5.74, 6) is -0.849. The number of aromatic amines is 1. The Bertz CT molecular complexity index is 466. The highest BCUT2D eigenvalue weighted by molar-refractivity contribution is 8.13. The predicted octanol–water partition coefficient (Wildman–Crippen LogP) is 0.777. The number of H-pyrrole nitrogens is 1. The van der Waals surface area contributed by atoms with Gasteiger partial charge in [-0.2, -0.15) is 5.10 Å². The van der Waals surface area contributed by atoms with E-state index in [-0.39, 0.29) is 10.7 Å². The maximum Gasteiger partial charge on any atom is 0.360 e. The highest BCUT2D eigenvalue weighted by atomic mass is 35.7. The van der Waals surface area contributed by atoms with Gasteiger partial charge in [0.05, 0.1) is 7.11 Å². The standard InChI is InChI=1S/C5H4Cl2N2O4S/c1-13-5(10)3-2(6)4(9-8-3)14(7,11)12/h1H3,(H,8,9). The second-order valence-corrected chi connectivity index (χ2v) is 5.03. The molecule has 9 heteroatoms. The fourth-order valence-electron chi connectivity index (χ4n) is 0.706. The molecule has 1 heterocycles. The van der Waals surface area contributed by atoms with Gasteiger partial charge in [0.1, 0.15) is 5.02 Å². The van der Waals surface area contributed by atoms with E-state index in [1.54, 1.807) is 0 Å².